The van der Waals surface area contributed by atoms with E-state index in [4.69, 9.17) is 0 Å². The van der Waals surface area contributed by atoms with Crippen molar-refractivity contribution in [2.45, 2.75) is 47.5 Å². The van der Waals surface area contributed by atoms with Crippen LogP contribution in [0.2, 0.25) is 0 Å². The van der Waals surface area contributed by atoms with E-state index in [9.17, 15) is 14.7 Å². The minimum Gasteiger partial charge on any atom is -0.480 e. The maximum atomic E-state index is 12.0. The third-order valence-electron chi connectivity index (χ3n) is 3.02. The molecule has 0 aromatic heterocycles. The summed E-state index contributed by atoms with van der Waals surface area (Å²) in [7, 11) is 0. The number of carbonyl (C=O) groups is 2. The Morgan fingerprint density at radius 1 is 1.20 bits per heavy atom. The molecule has 0 aliphatic carbocycles. The Kier molecular flexibility index (Phi) is 4.98. The smallest absolute Gasteiger partial charge is 0.317 e. The molecule has 0 heterocycles. The molecule has 0 spiro atoms. The van der Waals surface area contributed by atoms with Gasteiger partial charge in [0.1, 0.15) is 5.41 Å². The lowest BCUT2D eigenvalue weighted by atomic mass is 9.70. The van der Waals surface area contributed by atoms with E-state index in [2.05, 4.69) is 0 Å². The molecule has 0 fully saturated rings. The Labute approximate surface area is 91.9 Å². The van der Waals surface area contributed by atoms with Gasteiger partial charge in [0.25, 0.3) is 0 Å². The van der Waals surface area contributed by atoms with Crippen molar-refractivity contribution in [2.24, 2.45) is 17.3 Å². The van der Waals surface area contributed by atoms with Crippen LogP contribution in [0.3, 0.4) is 0 Å². The number of hydrogen-bond acceptors (Lipinski definition) is 2. The summed E-state index contributed by atoms with van der Waals surface area (Å²) in [6.07, 6.45) is 0.712. The summed E-state index contributed by atoms with van der Waals surface area (Å²) in [5.74, 6) is -1.07. The molecule has 0 rings (SSSR count). The van der Waals surface area contributed by atoms with Crippen LogP contribution in [0.4, 0.5) is 0 Å². The minimum atomic E-state index is -1.19. The first kappa shape index (κ1) is 14.1. The van der Waals surface area contributed by atoms with Crippen LogP contribution < -0.4 is 0 Å². The van der Waals surface area contributed by atoms with Crippen molar-refractivity contribution >= 4 is 11.8 Å². The van der Waals surface area contributed by atoms with Crippen LogP contribution in [-0.2, 0) is 9.59 Å². The van der Waals surface area contributed by atoms with Crippen molar-refractivity contribution in [1.82, 2.24) is 0 Å². The summed E-state index contributed by atoms with van der Waals surface area (Å²) in [6.45, 7) is 9.24. The Hall–Kier alpha value is -0.860. The second-order valence-corrected chi connectivity index (χ2v) is 4.81. The average Bonchev–Trinajstić information content (AvgIpc) is 2.02. The lowest BCUT2D eigenvalue weighted by Crippen LogP contribution is -2.43. The van der Waals surface area contributed by atoms with Gasteiger partial charge in [0.05, 0.1) is 0 Å². The van der Waals surface area contributed by atoms with E-state index in [1.807, 2.05) is 13.8 Å². The van der Waals surface area contributed by atoms with Gasteiger partial charge < -0.3 is 5.11 Å². The third kappa shape index (κ3) is 2.80. The van der Waals surface area contributed by atoms with Gasteiger partial charge in [-0.15, -0.1) is 0 Å². The molecule has 0 saturated heterocycles. The highest BCUT2D eigenvalue weighted by Crippen LogP contribution is 2.35. The average molecular weight is 214 g/mol. The Morgan fingerprint density at radius 3 is 1.87 bits per heavy atom. The van der Waals surface area contributed by atoms with Gasteiger partial charge in [-0.2, -0.15) is 0 Å². The quantitative estimate of drug-likeness (QED) is 0.692. The molecule has 0 aromatic rings. The van der Waals surface area contributed by atoms with Crippen LogP contribution in [0.15, 0.2) is 0 Å². The summed E-state index contributed by atoms with van der Waals surface area (Å²) >= 11 is 0. The van der Waals surface area contributed by atoms with Crippen LogP contribution in [0, 0.1) is 17.3 Å². The standard InChI is InChI=1S/C12H22O3/c1-6-12(9(4)5,11(14)15)10(13)7-8(2)3/h8-9H,6-7H2,1-5H3,(H,14,15). The normalized spacial score (nSPS) is 15.4. The molecule has 0 amide bonds. The van der Waals surface area contributed by atoms with Crippen molar-refractivity contribution < 1.29 is 14.7 Å². The largest absolute Gasteiger partial charge is 0.480 e. The van der Waals surface area contributed by atoms with Crippen molar-refractivity contribution in [1.29, 1.82) is 0 Å². The topological polar surface area (TPSA) is 54.4 Å². The third-order valence-corrected chi connectivity index (χ3v) is 3.02. The number of Topliss-reactive ketones (excluding diaryl/α,β-unsaturated/α-hetero) is 1. The molecule has 0 aliphatic heterocycles. The monoisotopic (exact) mass is 214 g/mol. The summed E-state index contributed by atoms with van der Waals surface area (Å²) in [5.41, 5.74) is -1.19. The van der Waals surface area contributed by atoms with E-state index < -0.39 is 11.4 Å². The number of carboxylic acid groups (broad SMARTS) is 1. The summed E-state index contributed by atoms with van der Waals surface area (Å²) < 4.78 is 0. The van der Waals surface area contributed by atoms with Gasteiger partial charge in [-0.05, 0) is 18.3 Å². The molecule has 3 heteroatoms. The van der Waals surface area contributed by atoms with E-state index in [0.717, 1.165) is 0 Å². The Morgan fingerprint density at radius 2 is 1.67 bits per heavy atom. The van der Waals surface area contributed by atoms with Crippen LogP contribution >= 0.6 is 0 Å². The van der Waals surface area contributed by atoms with Crippen LogP contribution in [0.5, 0.6) is 0 Å². The number of hydrogen-bond donors (Lipinski definition) is 1. The zero-order valence-electron chi connectivity index (χ0n) is 10.3. The molecule has 1 unspecified atom stereocenters. The molecular weight excluding hydrogens is 192 g/mol. The predicted octanol–water partition coefficient (Wildman–Crippen LogP) is 2.74. The second-order valence-electron chi connectivity index (χ2n) is 4.81. The molecule has 88 valence electrons. The van der Waals surface area contributed by atoms with Crippen LogP contribution in [0.1, 0.15) is 47.5 Å². The molecule has 0 bridgehead atoms. The summed E-state index contributed by atoms with van der Waals surface area (Å²) in [6, 6.07) is 0. The van der Waals surface area contributed by atoms with Crippen LogP contribution in [-0.4, -0.2) is 16.9 Å². The van der Waals surface area contributed by atoms with E-state index in [1.54, 1.807) is 20.8 Å². The maximum Gasteiger partial charge on any atom is 0.317 e. The highest BCUT2D eigenvalue weighted by Gasteiger charge is 2.46. The first-order valence-electron chi connectivity index (χ1n) is 5.55. The fraction of sp³-hybridized carbons (Fsp3) is 0.833. The van der Waals surface area contributed by atoms with Gasteiger partial charge in [-0.1, -0.05) is 34.6 Å². The van der Waals surface area contributed by atoms with Gasteiger partial charge in [0.2, 0.25) is 0 Å². The first-order valence-corrected chi connectivity index (χ1v) is 5.55. The molecular formula is C12H22O3. The molecule has 15 heavy (non-hydrogen) atoms. The van der Waals surface area contributed by atoms with Gasteiger partial charge >= 0.3 is 5.97 Å². The van der Waals surface area contributed by atoms with Gasteiger partial charge in [-0.25, -0.2) is 0 Å². The molecule has 3 nitrogen and oxygen atoms in total. The molecule has 0 radical (unpaired) electrons. The van der Waals surface area contributed by atoms with E-state index >= 15 is 0 Å². The fourth-order valence-corrected chi connectivity index (χ4v) is 2.00. The molecule has 0 aromatic carbocycles. The molecule has 0 aliphatic rings. The Balaban J connectivity index is 5.08. The van der Waals surface area contributed by atoms with Crippen molar-refractivity contribution in [3.05, 3.63) is 0 Å². The fourth-order valence-electron chi connectivity index (χ4n) is 2.00. The highest BCUT2D eigenvalue weighted by molar-refractivity contribution is 6.03. The van der Waals surface area contributed by atoms with Crippen molar-refractivity contribution in [2.75, 3.05) is 0 Å². The van der Waals surface area contributed by atoms with E-state index in [1.165, 1.54) is 0 Å². The number of aliphatic carboxylic acids is 1. The van der Waals surface area contributed by atoms with Crippen molar-refractivity contribution in [3.63, 3.8) is 0 Å². The second kappa shape index (κ2) is 5.29. The van der Waals surface area contributed by atoms with Crippen molar-refractivity contribution in [3.8, 4) is 0 Å². The number of carbonyl (C=O) groups excluding carboxylic acids is 1. The van der Waals surface area contributed by atoms with Crippen LogP contribution in [0.25, 0.3) is 0 Å². The zero-order chi connectivity index (χ0) is 12.2. The number of ketones is 1. The van der Waals surface area contributed by atoms with Gasteiger partial charge in [0.15, 0.2) is 5.78 Å². The van der Waals surface area contributed by atoms with Gasteiger partial charge in [-0.3, -0.25) is 9.59 Å². The lowest BCUT2D eigenvalue weighted by Gasteiger charge is -2.31. The first-order chi connectivity index (χ1) is 6.78. The number of rotatable bonds is 6. The Bertz CT molecular complexity index is 243. The molecule has 1 atom stereocenters. The van der Waals surface area contributed by atoms with E-state index in [-0.39, 0.29) is 17.6 Å². The minimum absolute atomic E-state index is 0.137. The van der Waals surface area contributed by atoms with E-state index in [0.29, 0.717) is 12.8 Å². The zero-order valence-corrected chi connectivity index (χ0v) is 10.3. The number of carboxylic acids is 1. The SMILES string of the molecule is CCC(C(=O)O)(C(=O)CC(C)C)C(C)C. The lowest BCUT2D eigenvalue weighted by molar-refractivity contribution is -0.159. The predicted molar refractivity (Wildman–Crippen MR) is 59.7 cm³/mol. The molecule has 1 N–H and O–H groups in total. The highest BCUT2D eigenvalue weighted by atomic mass is 16.4. The maximum absolute atomic E-state index is 12.0. The molecule has 0 saturated carbocycles. The summed E-state index contributed by atoms with van der Waals surface area (Å²) in [5, 5.41) is 9.26. The van der Waals surface area contributed by atoms with Gasteiger partial charge in [0, 0.05) is 6.42 Å². The summed E-state index contributed by atoms with van der Waals surface area (Å²) in [4.78, 5) is 23.3.